The van der Waals surface area contributed by atoms with E-state index in [-0.39, 0.29) is 81.1 Å². The topological polar surface area (TPSA) is 227 Å². The normalized spacial score (nSPS) is 15.5. The van der Waals surface area contributed by atoms with Crippen molar-refractivity contribution in [3.8, 4) is 33.5 Å². The molecule has 1 fully saturated rings. The molecule has 1 aliphatic heterocycles. The van der Waals surface area contributed by atoms with Crippen molar-refractivity contribution in [1.82, 2.24) is 34.9 Å². The number of carbonyl (C=O) groups is 4. The van der Waals surface area contributed by atoms with Gasteiger partial charge in [0.15, 0.2) is 11.4 Å². The van der Waals surface area contributed by atoms with Gasteiger partial charge in [-0.1, -0.05) is 45.0 Å². The first-order chi connectivity index (χ1) is 31.6. The fraction of sp³-hybridized carbons (Fsp3) is 0.383. The highest BCUT2D eigenvalue weighted by Crippen LogP contribution is 2.30. The number of likely N-dealkylation sites (tertiary alicyclic amines) is 1. The fourth-order valence-electron chi connectivity index (χ4n) is 7.26. The minimum absolute atomic E-state index is 0.00118. The summed E-state index contributed by atoms with van der Waals surface area (Å²) in [5, 5.41) is 17.5. The quantitative estimate of drug-likeness (QED) is 0.0636. The molecule has 1 aliphatic rings. The third-order valence-corrected chi connectivity index (χ3v) is 11.7. The number of hydrogen-bond donors (Lipinski definition) is 2. The highest BCUT2D eigenvalue weighted by atomic mass is 32.1. The van der Waals surface area contributed by atoms with Crippen LogP contribution in [0.2, 0.25) is 0 Å². The average Bonchev–Trinajstić information content (AvgIpc) is 4.04. The molecule has 0 radical (unpaired) electrons. The largest absolute Gasteiger partial charge is 0.490 e. The van der Waals surface area contributed by atoms with E-state index in [1.165, 1.54) is 41.0 Å². The van der Waals surface area contributed by atoms with Crippen molar-refractivity contribution in [1.29, 1.82) is 0 Å². The minimum Gasteiger partial charge on any atom is -0.490 e. The number of hydrogen-bond acceptors (Lipinski definition) is 16. The van der Waals surface area contributed by atoms with Gasteiger partial charge in [0.25, 0.3) is 5.56 Å². The van der Waals surface area contributed by atoms with Crippen molar-refractivity contribution in [2.45, 2.75) is 65.1 Å². The van der Waals surface area contributed by atoms with Crippen LogP contribution in [0, 0.1) is 12.3 Å². The molecule has 2 amide bonds. The fourth-order valence-corrected chi connectivity index (χ4v) is 8.07. The van der Waals surface area contributed by atoms with Crippen LogP contribution in [0.3, 0.4) is 0 Å². The van der Waals surface area contributed by atoms with Gasteiger partial charge in [0.1, 0.15) is 47.7 Å². The Hall–Kier alpha value is -6.67. The zero-order valence-electron chi connectivity index (χ0n) is 37.2. The smallest absolute Gasteiger partial charge is 0.362 e. The van der Waals surface area contributed by atoms with Crippen molar-refractivity contribution in [2.75, 3.05) is 39.6 Å². The molecule has 2 N–H and O–H groups in total. The molecule has 0 saturated carbocycles. The van der Waals surface area contributed by atoms with Crippen LogP contribution < -0.4 is 20.3 Å². The third kappa shape index (κ3) is 12.0. The van der Waals surface area contributed by atoms with E-state index in [0.717, 1.165) is 21.7 Å². The Morgan fingerprint density at radius 2 is 1.71 bits per heavy atom. The molecule has 19 heteroatoms. The summed E-state index contributed by atoms with van der Waals surface area (Å²) in [6, 6.07) is 16.9. The predicted molar refractivity (Wildman–Crippen MR) is 242 cm³/mol. The van der Waals surface area contributed by atoms with Crippen LogP contribution >= 0.6 is 11.3 Å². The maximum absolute atomic E-state index is 14.0. The molecule has 0 unspecified atom stereocenters. The summed E-state index contributed by atoms with van der Waals surface area (Å²) in [5.41, 5.74) is 5.15. The van der Waals surface area contributed by atoms with E-state index in [0.29, 0.717) is 29.0 Å². The van der Waals surface area contributed by atoms with Crippen LogP contribution in [0.25, 0.3) is 33.1 Å². The number of ketones is 1. The molecule has 0 spiro atoms. The van der Waals surface area contributed by atoms with Crippen LogP contribution in [0.15, 0.2) is 87.6 Å². The van der Waals surface area contributed by atoms with E-state index >= 15 is 0 Å². The third-order valence-electron chi connectivity index (χ3n) is 10.8. The number of benzene rings is 2. The Bertz CT molecular complexity index is 2730. The van der Waals surface area contributed by atoms with Crippen LogP contribution in [0.1, 0.15) is 55.4 Å². The average molecular weight is 922 g/mol. The number of ether oxygens (including phenoxy) is 4. The van der Waals surface area contributed by atoms with Crippen LogP contribution in [-0.2, 0) is 37.3 Å². The van der Waals surface area contributed by atoms with Gasteiger partial charge >= 0.3 is 5.97 Å². The highest BCUT2D eigenvalue weighted by Gasteiger charge is 2.44. The summed E-state index contributed by atoms with van der Waals surface area (Å²) in [6.07, 6.45) is 1.37. The maximum atomic E-state index is 14.0. The number of aromatic nitrogens is 5. The van der Waals surface area contributed by atoms with Gasteiger partial charge in [-0.3, -0.25) is 19.2 Å². The number of oxazole rings is 1. The van der Waals surface area contributed by atoms with Gasteiger partial charge in [-0.25, -0.2) is 24.4 Å². The maximum Gasteiger partial charge on any atom is 0.362 e. The number of esters is 1. The molecular formula is C47H51N7O11S. The number of Topliss-reactive ketones (excluding diaryl/α,β-unsaturated/α-hetero) is 1. The summed E-state index contributed by atoms with van der Waals surface area (Å²) in [6.45, 7) is 7.75. The molecule has 4 aromatic heterocycles. The second kappa shape index (κ2) is 21.1. The van der Waals surface area contributed by atoms with Crippen LogP contribution in [-0.4, -0.2) is 116 Å². The minimum atomic E-state index is -0.969. The number of thiazole rings is 1. The van der Waals surface area contributed by atoms with E-state index < -0.39 is 41.4 Å². The number of aliphatic hydroxyl groups excluding tert-OH is 1. The molecule has 18 nitrogen and oxygen atoms in total. The molecule has 5 heterocycles. The SMILES string of the molecule is Cc1ncsc1-c1ccc(CCC(=O)[C@@H]2C[C@@H](O)CN2C(=O)[C@@H](NC(=O)COCCOCCOc2ccc(C(=O)Oc3ccc4oc(-c5ccc(=O)n(C)n5)nc4c3)nc2)C(C)(C)C)cc1. The summed E-state index contributed by atoms with van der Waals surface area (Å²) >= 11 is 1.58. The van der Waals surface area contributed by atoms with E-state index in [1.54, 1.807) is 35.6 Å². The van der Waals surface area contributed by atoms with Crippen molar-refractivity contribution in [3.63, 3.8) is 0 Å². The van der Waals surface area contributed by atoms with E-state index in [2.05, 4.69) is 25.4 Å². The molecular weight excluding hydrogens is 871 g/mol. The summed E-state index contributed by atoms with van der Waals surface area (Å²) < 4.78 is 29.2. The monoisotopic (exact) mass is 921 g/mol. The van der Waals surface area contributed by atoms with Crippen molar-refractivity contribution >= 4 is 46.0 Å². The van der Waals surface area contributed by atoms with Gasteiger partial charge in [-0.2, -0.15) is 5.10 Å². The number of fused-ring (bicyclic) bond motifs is 1. The zero-order chi connectivity index (χ0) is 47.0. The number of aryl methyl sites for hydroxylation is 3. The summed E-state index contributed by atoms with van der Waals surface area (Å²) in [4.78, 5) is 80.3. The number of aliphatic hydroxyl groups is 1. The van der Waals surface area contributed by atoms with Gasteiger partial charge in [-0.05, 0) is 60.2 Å². The first-order valence-corrected chi connectivity index (χ1v) is 22.2. The van der Waals surface area contributed by atoms with Crippen LogP contribution in [0.4, 0.5) is 0 Å². The van der Waals surface area contributed by atoms with Gasteiger partial charge in [0.2, 0.25) is 17.7 Å². The van der Waals surface area contributed by atoms with Crippen molar-refractivity contribution in [2.24, 2.45) is 12.5 Å². The van der Waals surface area contributed by atoms with E-state index in [4.69, 9.17) is 23.4 Å². The van der Waals surface area contributed by atoms with E-state index in [9.17, 15) is 29.1 Å². The second-order valence-electron chi connectivity index (χ2n) is 16.8. The Balaban J connectivity index is 0.794. The standard InChI is InChI=1S/C47H51N7O11S/c1-28-42(66-27-49-28)30-9-6-29(7-10-30)8-15-38(56)37-22-31(55)25-54(37)45(59)43(47(2,3)4)51-40(57)26-62-19-18-61-20-21-63-33-11-13-35(48-24-33)46(60)64-32-12-16-39-36(23-32)50-44(65-39)34-14-17-41(58)53(5)52-34/h6-7,9-14,16-17,23-24,27,31,37,43,55H,8,15,18-22,25-26H2,1-5H3,(H,51,57)/t31-,37+,43-/m1/s1. The lowest BCUT2D eigenvalue weighted by Crippen LogP contribution is -2.57. The molecule has 1 saturated heterocycles. The highest BCUT2D eigenvalue weighted by molar-refractivity contribution is 7.13. The Labute approximate surface area is 383 Å². The number of β-amino-alcohol motifs (C(OH)–C–C–N with tert-alkyl or cyclic N) is 1. The molecule has 0 bridgehead atoms. The second-order valence-corrected chi connectivity index (χ2v) is 17.7. The number of carbonyl (C=O) groups excluding carboxylic acids is 4. The summed E-state index contributed by atoms with van der Waals surface area (Å²) in [5.74, 6) is -0.938. The molecule has 0 aliphatic carbocycles. The lowest BCUT2D eigenvalue weighted by Gasteiger charge is -2.35. The molecule has 66 heavy (non-hydrogen) atoms. The Kier molecular flexibility index (Phi) is 15.1. The number of pyridine rings is 1. The Morgan fingerprint density at radius 1 is 0.955 bits per heavy atom. The van der Waals surface area contributed by atoms with Crippen molar-refractivity contribution < 1.29 is 47.6 Å². The molecule has 346 valence electrons. The van der Waals surface area contributed by atoms with Gasteiger partial charge in [0.05, 0.1) is 54.2 Å². The number of nitrogens with zero attached hydrogens (tertiary/aromatic N) is 6. The van der Waals surface area contributed by atoms with E-state index in [1.807, 2.05) is 57.5 Å². The first kappa shape index (κ1) is 47.3. The molecule has 2 aromatic carbocycles. The lowest BCUT2D eigenvalue weighted by atomic mass is 9.85. The predicted octanol–water partition coefficient (Wildman–Crippen LogP) is 4.74. The number of nitrogens with one attached hydrogen (secondary N) is 1. The lowest BCUT2D eigenvalue weighted by molar-refractivity contribution is -0.144. The summed E-state index contributed by atoms with van der Waals surface area (Å²) in [7, 11) is 1.52. The van der Waals surface area contributed by atoms with Crippen LogP contribution in [0.5, 0.6) is 11.5 Å². The molecule has 6 aromatic rings. The molecule has 3 atom stereocenters. The zero-order valence-corrected chi connectivity index (χ0v) is 38.0. The van der Waals surface area contributed by atoms with Crippen molar-refractivity contribution in [3.05, 3.63) is 106 Å². The molecule has 7 rings (SSSR count). The number of amides is 2. The Morgan fingerprint density at radius 3 is 2.42 bits per heavy atom. The van der Waals surface area contributed by atoms with Gasteiger partial charge in [-0.15, -0.1) is 11.3 Å². The van der Waals surface area contributed by atoms with Gasteiger partial charge < -0.3 is 38.7 Å². The first-order valence-electron chi connectivity index (χ1n) is 21.3. The number of rotatable bonds is 19. The van der Waals surface area contributed by atoms with Gasteiger partial charge in [0, 0.05) is 38.6 Å².